The SMILES string of the molecule is Cc1cc(N)ccc1NC(=O)CCc1ccco1. The number of benzene rings is 1. The maximum atomic E-state index is 11.8. The fourth-order valence-electron chi connectivity index (χ4n) is 1.73. The molecule has 0 aliphatic heterocycles. The van der Waals surface area contributed by atoms with E-state index in [0.29, 0.717) is 18.5 Å². The molecule has 1 aromatic carbocycles. The number of hydrogen-bond acceptors (Lipinski definition) is 3. The second-order valence-electron chi connectivity index (χ2n) is 4.20. The molecule has 2 rings (SSSR count). The van der Waals surface area contributed by atoms with Crippen LogP contribution in [-0.2, 0) is 11.2 Å². The molecular weight excluding hydrogens is 228 g/mol. The number of nitrogen functional groups attached to an aromatic ring is 1. The van der Waals surface area contributed by atoms with Crippen LogP contribution >= 0.6 is 0 Å². The molecule has 0 saturated heterocycles. The van der Waals surface area contributed by atoms with Crippen LogP contribution in [0.4, 0.5) is 11.4 Å². The molecule has 3 N–H and O–H groups in total. The lowest BCUT2D eigenvalue weighted by Crippen LogP contribution is -2.13. The van der Waals surface area contributed by atoms with Gasteiger partial charge in [-0.1, -0.05) is 0 Å². The number of furan rings is 1. The molecule has 94 valence electrons. The lowest BCUT2D eigenvalue weighted by molar-refractivity contribution is -0.116. The van der Waals surface area contributed by atoms with E-state index in [1.807, 2.05) is 31.2 Å². The quantitative estimate of drug-likeness (QED) is 0.812. The van der Waals surface area contributed by atoms with Crippen LogP contribution in [0.3, 0.4) is 0 Å². The number of nitrogens with two attached hydrogens (primary N) is 1. The number of hydrogen-bond donors (Lipinski definition) is 2. The van der Waals surface area contributed by atoms with Crippen molar-refractivity contribution in [1.29, 1.82) is 0 Å². The highest BCUT2D eigenvalue weighted by Crippen LogP contribution is 2.18. The van der Waals surface area contributed by atoms with Gasteiger partial charge in [0.1, 0.15) is 5.76 Å². The Morgan fingerprint density at radius 1 is 1.39 bits per heavy atom. The van der Waals surface area contributed by atoms with Crippen molar-refractivity contribution in [1.82, 2.24) is 0 Å². The summed E-state index contributed by atoms with van der Waals surface area (Å²) in [5.41, 5.74) is 8.11. The molecule has 0 fully saturated rings. The van der Waals surface area contributed by atoms with Crippen LogP contribution in [0.15, 0.2) is 41.0 Å². The van der Waals surface area contributed by atoms with Crippen LogP contribution in [-0.4, -0.2) is 5.91 Å². The fraction of sp³-hybridized carbons (Fsp3) is 0.214. The lowest BCUT2D eigenvalue weighted by Gasteiger charge is -2.08. The number of nitrogens with one attached hydrogen (secondary N) is 1. The summed E-state index contributed by atoms with van der Waals surface area (Å²) >= 11 is 0. The predicted octanol–water partition coefficient (Wildman–Crippen LogP) is 2.74. The van der Waals surface area contributed by atoms with Gasteiger partial charge in [0, 0.05) is 24.2 Å². The molecule has 4 nitrogen and oxygen atoms in total. The maximum absolute atomic E-state index is 11.8. The van der Waals surface area contributed by atoms with Gasteiger partial charge in [0.05, 0.1) is 6.26 Å². The first-order chi connectivity index (χ1) is 8.65. The van der Waals surface area contributed by atoms with Crippen molar-refractivity contribution in [3.05, 3.63) is 47.9 Å². The minimum atomic E-state index is -0.0285. The molecule has 0 aliphatic carbocycles. The van der Waals surface area contributed by atoms with E-state index < -0.39 is 0 Å². The molecule has 0 saturated carbocycles. The summed E-state index contributed by atoms with van der Waals surface area (Å²) in [6.45, 7) is 1.92. The van der Waals surface area contributed by atoms with Gasteiger partial charge in [-0.15, -0.1) is 0 Å². The molecule has 0 spiro atoms. The number of anilines is 2. The zero-order valence-corrected chi connectivity index (χ0v) is 10.3. The molecule has 2 aromatic rings. The molecule has 0 bridgehead atoms. The van der Waals surface area contributed by atoms with Gasteiger partial charge in [-0.25, -0.2) is 0 Å². The topological polar surface area (TPSA) is 68.3 Å². The number of carbonyl (C=O) groups is 1. The number of aryl methyl sites for hydroxylation is 2. The van der Waals surface area contributed by atoms with Crippen LogP contribution in [0.5, 0.6) is 0 Å². The number of carbonyl (C=O) groups excluding carboxylic acids is 1. The van der Waals surface area contributed by atoms with Gasteiger partial charge in [0.25, 0.3) is 0 Å². The summed E-state index contributed by atoms with van der Waals surface area (Å²) in [6, 6.07) is 9.10. The van der Waals surface area contributed by atoms with Crippen LogP contribution in [0, 0.1) is 6.92 Å². The standard InChI is InChI=1S/C14H16N2O2/c1-10-9-11(15)4-6-13(10)16-14(17)7-5-12-3-2-8-18-12/h2-4,6,8-9H,5,7,15H2,1H3,(H,16,17). The molecule has 1 amide bonds. The van der Waals surface area contributed by atoms with E-state index in [1.54, 1.807) is 12.3 Å². The van der Waals surface area contributed by atoms with Gasteiger partial charge in [-0.2, -0.15) is 0 Å². The molecule has 0 aliphatic rings. The van der Waals surface area contributed by atoms with Crippen molar-refractivity contribution >= 4 is 17.3 Å². The highest BCUT2D eigenvalue weighted by Gasteiger charge is 2.06. The Balaban J connectivity index is 1.91. The molecule has 18 heavy (non-hydrogen) atoms. The van der Waals surface area contributed by atoms with Crippen LogP contribution < -0.4 is 11.1 Å². The van der Waals surface area contributed by atoms with Crippen molar-refractivity contribution < 1.29 is 9.21 Å². The lowest BCUT2D eigenvalue weighted by atomic mass is 10.1. The van der Waals surface area contributed by atoms with E-state index in [0.717, 1.165) is 17.0 Å². The van der Waals surface area contributed by atoms with Gasteiger partial charge < -0.3 is 15.5 Å². The highest BCUT2D eigenvalue weighted by atomic mass is 16.3. The first-order valence-corrected chi connectivity index (χ1v) is 5.83. The van der Waals surface area contributed by atoms with Crippen LogP contribution in [0.2, 0.25) is 0 Å². The first kappa shape index (κ1) is 12.2. The largest absolute Gasteiger partial charge is 0.469 e. The van der Waals surface area contributed by atoms with E-state index in [4.69, 9.17) is 10.2 Å². The average molecular weight is 244 g/mol. The van der Waals surface area contributed by atoms with Gasteiger partial charge in [-0.3, -0.25) is 4.79 Å². The van der Waals surface area contributed by atoms with E-state index in [1.165, 1.54) is 0 Å². The molecule has 0 atom stereocenters. The smallest absolute Gasteiger partial charge is 0.224 e. The van der Waals surface area contributed by atoms with E-state index in [-0.39, 0.29) is 5.91 Å². The average Bonchev–Trinajstić information content (AvgIpc) is 2.83. The molecule has 1 aromatic heterocycles. The van der Waals surface area contributed by atoms with E-state index >= 15 is 0 Å². The molecule has 1 heterocycles. The molecule has 0 unspecified atom stereocenters. The Hall–Kier alpha value is -2.23. The molecule has 4 heteroatoms. The third-order valence-corrected chi connectivity index (χ3v) is 2.70. The Morgan fingerprint density at radius 3 is 2.89 bits per heavy atom. The van der Waals surface area contributed by atoms with Gasteiger partial charge in [0.15, 0.2) is 0 Å². The van der Waals surface area contributed by atoms with Crippen molar-refractivity contribution in [2.45, 2.75) is 19.8 Å². The Bertz CT molecular complexity index is 533. The van der Waals surface area contributed by atoms with Gasteiger partial charge in [0.2, 0.25) is 5.91 Å². The summed E-state index contributed by atoms with van der Waals surface area (Å²) < 4.78 is 5.18. The van der Waals surface area contributed by atoms with Crippen LogP contribution in [0.1, 0.15) is 17.7 Å². The molecular formula is C14H16N2O2. The molecule has 0 radical (unpaired) electrons. The summed E-state index contributed by atoms with van der Waals surface area (Å²) in [5, 5.41) is 2.86. The highest BCUT2D eigenvalue weighted by molar-refractivity contribution is 5.91. The predicted molar refractivity (Wildman–Crippen MR) is 71.3 cm³/mol. The van der Waals surface area contributed by atoms with Crippen molar-refractivity contribution in [3.63, 3.8) is 0 Å². The van der Waals surface area contributed by atoms with Crippen LogP contribution in [0.25, 0.3) is 0 Å². The number of rotatable bonds is 4. The zero-order valence-electron chi connectivity index (χ0n) is 10.3. The zero-order chi connectivity index (χ0) is 13.0. The minimum Gasteiger partial charge on any atom is -0.469 e. The Kier molecular flexibility index (Phi) is 3.67. The second kappa shape index (κ2) is 5.40. The van der Waals surface area contributed by atoms with Gasteiger partial charge >= 0.3 is 0 Å². The summed E-state index contributed by atoms with van der Waals surface area (Å²) in [4.78, 5) is 11.8. The summed E-state index contributed by atoms with van der Waals surface area (Å²) in [5.74, 6) is 0.790. The monoisotopic (exact) mass is 244 g/mol. The summed E-state index contributed by atoms with van der Waals surface area (Å²) in [7, 11) is 0. The fourth-order valence-corrected chi connectivity index (χ4v) is 1.73. The number of amides is 1. The van der Waals surface area contributed by atoms with E-state index in [2.05, 4.69) is 5.32 Å². The van der Waals surface area contributed by atoms with Gasteiger partial charge in [-0.05, 0) is 42.8 Å². The van der Waals surface area contributed by atoms with Crippen molar-refractivity contribution in [3.8, 4) is 0 Å². The second-order valence-corrected chi connectivity index (χ2v) is 4.20. The first-order valence-electron chi connectivity index (χ1n) is 5.83. The Morgan fingerprint density at radius 2 is 2.22 bits per heavy atom. The summed E-state index contributed by atoms with van der Waals surface area (Å²) in [6.07, 6.45) is 2.61. The maximum Gasteiger partial charge on any atom is 0.224 e. The normalized spacial score (nSPS) is 10.3. The van der Waals surface area contributed by atoms with E-state index in [9.17, 15) is 4.79 Å². The Labute approximate surface area is 106 Å². The minimum absolute atomic E-state index is 0.0285. The third-order valence-electron chi connectivity index (χ3n) is 2.70. The van der Waals surface area contributed by atoms with Crippen molar-refractivity contribution in [2.24, 2.45) is 0 Å². The third kappa shape index (κ3) is 3.13. The van der Waals surface area contributed by atoms with Crippen molar-refractivity contribution in [2.75, 3.05) is 11.1 Å².